The van der Waals surface area contributed by atoms with E-state index < -0.39 is 0 Å². The second kappa shape index (κ2) is 7.89. The molecule has 5 heteroatoms. The Bertz CT molecular complexity index is 1370. The van der Waals surface area contributed by atoms with E-state index in [-0.39, 0.29) is 5.56 Å². The quantitative estimate of drug-likeness (QED) is 0.442. The Morgan fingerprint density at radius 1 is 1.10 bits per heavy atom. The van der Waals surface area contributed by atoms with Gasteiger partial charge in [0.15, 0.2) is 0 Å². The van der Waals surface area contributed by atoms with Crippen molar-refractivity contribution >= 4 is 21.6 Å². The van der Waals surface area contributed by atoms with Gasteiger partial charge in [-0.05, 0) is 55.2 Å². The van der Waals surface area contributed by atoms with E-state index in [2.05, 4.69) is 45.0 Å². The molecular formula is C25H23N3OS. The summed E-state index contributed by atoms with van der Waals surface area (Å²) in [6.07, 6.45) is 0.666. The minimum Gasteiger partial charge on any atom is -0.292 e. The lowest BCUT2D eigenvalue weighted by atomic mass is 9.99. The number of rotatable bonds is 4. The van der Waals surface area contributed by atoms with Crippen LogP contribution in [0.15, 0.2) is 47.3 Å². The summed E-state index contributed by atoms with van der Waals surface area (Å²) in [5.74, 6) is 0.766. The van der Waals surface area contributed by atoms with Crippen LogP contribution in [-0.4, -0.2) is 9.55 Å². The highest BCUT2D eigenvalue weighted by Crippen LogP contribution is 2.36. The third-order valence-corrected chi connectivity index (χ3v) is 6.57. The molecule has 30 heavy (non-hydrogen) atoms. The molecule has 0 atom stereocenters. The molecule has 2 heterocycles. The molecule has 4 nitrogen and oxygen atoms in total. The Kier molecular flexibility index (Phi) is 5.27. The molecule has 0 aliphatic carbocycles. The highest BCUT2D eigenvalue weighted by molar-refractivity contribution is 7.19. The Labute approximate surface area is 180 Å². The molecule has 0 aliphatic heterocycles. The van der Waals surface area contributed by atoms with E-state index in [4.69, 9.17) is 4.98 Å². The van der Waals surface area contributed by atoms with E-state index in [0.29, 0.717) is 23.9 Å². The van der Waals surface area contributed by atoms with Crippen LogP contribution in [0.3, 0.4) is 0 Å². The van der Waals surface area contributed by atoms with Crippen LogP contribution in [-0.2, 0) is 13.0 Å². The first kappa shape index (κ1) is 20.1. The monoisotopic (exact) mass is 413 g/mol. The fourth-order valence-corrected chi connectivity index (χ4v) is 4.89. The maximum atomic E-state index is 13.7. The molecule has 2 aromatic heterocycles. The number of nitriles is 1. The van der Waals surface area contributed by atoms with Crippen LogP contribution in [0.2, 0.25) is 0 Å². The molecule has 0 aliphatic rings. The van der Waals surface area contributed by atoms with Crippen molar-refractivity contribution in [3.05, 3.63) is 85.8 Å². The van der Waals surface area contributed by atoms with E-state index in [9.17, 15) is 10.1 Å². The summed E-state index contributed by atoms with van der Waals surface area (Å²) in [6.45, 7) is 8.66. The van der Waals surface area contributed by atoms with Crippen molar-refractivity contribution in [2.75, 3.05) is 0 Å². The smallest absolute Gasteiger partial charge is 0.263 e. The van der Waals surface area contributed by atoms with Gasteiger partial charge in [-0.1, -0.05) is 37.3 Å². The SMILES string of the molecule is CCc1nc2sc(C)c(-c3ccc(C)c(C)c3)c2c(=O)n1Cc1cccc(C#N)c1. The van der Waals surface area contributed by atoms with Crippen molar-refractivity contribution in [1.29, 1.82) is 5.26 Å². The van der Waals surface area contributed by atoms with Crippen LogP contribution in [0.25, 0.3) is 21.3 Å². The lowest BCUT2D eigenvalue weighted by Crippen LogP contribution is -2.25. The number of fused-ring (bicyclic) bond motifs is 1. The van der Waals surface area contributed by atoms with Gasteiger partial charge in [-0.3, -0.25) is 9.36 Å². The van der Waals surface area contributed by atoms with Crippen molar-refractivity contribution < 1.29 is 0 Å². The van der Waals surface area contributed by atoms with E-state index in [0.717, 1.165) is 32.2 Å². The third kappa shape index (κ3) is 3.44. The van der Waals surface area contributed by atoms with Crippen molar-refractivity contribution in [3.63, 3.8) is 0 Å². The number of benzene rings is 2. The zero-order valence-electron chi connectivity index (χ0n) is 17.6. The first-order chi connectivity index (χ1) is 14.4. The number of nitrogens with zero attached hydrogens (tertiary/aromatic N) is 3. The predicted molar refractivity (Wildman–Crippen MR) is 123 cm³/mol. The molecule has 0 amide bonds. The molecule has 4 rings (SSSR count). The molecule has 2 aromatic carbocycles. The van der Waals surface area contributed by atoms with Crippen molar-refractivity contribution in [2.45, 2.75) is 40.7 Å². The second-order valence-electron chi connectivity index (χ2n) is 7.60. The third-order valence-electron chi connectivity index (χ3n) is 5.58. The van der Waals surface area contributed by atoms with Crippen LogP contribution < -0.4 is 5.56 Å². The molecule has 0 radical (unpaired) electrons. The maximum Gasteiger partial charge on any atom is 0.263 e. The lowest BCUT2D eigenvalue weighted by Gasteiger charge is -2.12. The summed E-state index contributed by atoms with van der Waals surface area (Å²) in [6, 6.07) is 15.9. The van der Waals surface area contributed by atoms with Crippen molar-refractivity contribution in [3.8, 4) is 17.2 Å². The van der Waals surface area contributed by atoms with E-state index in [1.54, 1.807) is 22.0 Å². The van der Waals surface area contributed by atoms with Gasteiger partial charge in [0.1, 0.15) is 10.7 Å². The molecule has 0 unspecified atom stereocenters. The molecule has 0 saturated heterocycles. The molecule has 0 bridgehead atoms. The van der Waals surface area contributed by atoms with Crippen molar-refractivity contribution in [2.24, 2.45) is 0 Å². The second-order valence-corrected chi connectivity index (χ2v) is 8.80. The molecule has 0 N–H and O–H groups in total. The van der Waals surface area contributed by atoms with Crippen molar-refractivity contribution in [1.82, 2.24) is 9.55 Å². The van der Waals surface area contributed by atoms with Gasteiger partial charge in [-0.25, -0.2) is 4.98 Å². The zero-order valence-corrected chi connectivity index (χ0v) is 18.4. The average Bonchev–Trinajstić information content (AvgIpc) is 3.08. The van der Waals surface area contributed by atoms with Gasteiger partial charge < -0.3 is 0 Å². The highest BCUT2D eigenvalue weighted by Gasteiger charge is 2.19. The summed E-state index contributed by atoms with van der Waals surface area (Å²) in [4.78, 5) is 20.4. The molecule has 0 saturated carbocycles. The first-order valence-corrected chi connectivity index (χ1v) is 10.8. The molecule has 150 valence electrons. The fourth-order valence-electron chi connectivity index (χ4n) is 3.84. The minimum absolute atomic E-state index is 0.0169. The first-order valence-electron chi connectivity index (χ1n) is 10.0. The molecule has 0 fully saturated rings. The van der Waals surface area contributed by atoms with Crippen LogP contribution in [0.5, 0.6) is 0 Å². The van der Waals surface area contributed by atoms with Gasteiger partial charge in [0.25, 0.3) is 5.56 Å². The fraction of sp³-hybridized carbons (Fsp3) is 0.240. The van der Waals surface area contributed by atoms with E-state index in [1.807, 2.05) is 25.1 Å². The predicted octanol–water partition coefficient (Wildman–Crippen LogP) is 5.53. The summed E-state index contributed by atoms with van der Waals surface area (Å²) < 4.78 is 1.76. The lowest BCUT2D eigenvalue weighted by molar-refractivity contribution is 0.687. The van der Waals surface area contributed by atoms with E-state index in [1.165, 1.54) is 11.1 Å². The van der Waals surface area contributed by atoms with Gasteiger partial charge in [-0.2, -0.15) is 5.26 Å². The largest absolute Gasteiger partial charge is 0.292 e. The van der Waals surface area contributed by atoms with Gasteiger partial charge in [0.2, 0.25) is 0 Å². The van der Waals surface area contributed by atoms with Crippen LogP contribution in [0.4, 0.5) is 0 Å². The number of aromatic nitrogens is 2. The summed E-state index contributed by atoms with van der Waals surface area (Å²) >= 11 is 1.58. The summed E-state index contributed by atoms with van der Waals surface area (Å²) in [5.41, 5.74) is 5.98. The topological polar surface area (TPSA) is 58.7 Å². The average molecular weight is 414 g/mol. The zero-order chi connectivity index (χ0) is 21.4. The Hall–Kier alpha value is -3.23. The number of hydrogen-bond donors (Lipinski definition) is 0. The van der Waals surface area contributed by atoms with Gasteiger partial charge in [-0.15, -0.1) is 11.3 Å². The van der Waals surface area contributed by atoms with Crippen LogP contribution >= 0.6 is 11.3 Å². The standard InChI is InChI=1S/C25H23N3OS/c1-5-21-27-24-23(22(17(4)30-24)20-10-9-15(2)16(3)11-20)25(29)28(21)14-19-8-6-7-18(12-19)13-26/h6-12H,5,14H2,1-4H3. The van der Waals surface area contributed by atoms with Gasteiger partial charge >= 0.3 is 0 Å². The van der Waals surface area contributed by atoms with Crippen LogP contribution in [0.1, 0.15) is 39.9 Å². The molecule has 0 spiro atoms. The van der Waals surface area contributed by atoms with Crippen LogP contribution in [0, 0.1) is 32.1 Å². The number of thiophene rings is 1. The Balaban J connectivity index is 1.95. The molecule has 4 aromatic rings. The number of hydrogen-bond acceptors (Lipinski definition) is 4. The van der Waals surface area contributed by atoms with Gasteiger partial charge in [0, 0.05) is 16.9 Å². The molecular weight excluding hydrogens is 390 g/mol. The summed E-state index contributed by atoms with van der Waals surface area (Å²) in [5, 5.41) is 9.89. The minimum atomic E-state index is -0.0169. The van der Waals surface area contributed by atoms with Gasteiger partial charge in [0.05, 0.1) is 23.6 Å². The maximum absolute atomic E-state index is 13.7. The Morgan fingerprint density at radius 2 is 1.90 bits per heavy atom. The highest BCUT2D eigenvalue weighted by atomic mass is 32.1. The van der Waals surface area contributed by atoms with E-state index >= 15 is 0 Å². The number of aryl methyl sites for hydroxylation is 4. The Morgan fingerprint density at radius 3 is 2.60 bits per heavy atom. The normalized spacial score (nSPS) is 11.0. The summed E-state index contributed by atoms with van der Waals surface area (Å²) in [7, 11) is 0.